The van der Waals surface area contributed by atoms with Crippen LogP contribution in [0.5, 0.6) is 0 Å². The second kappa shape index (κ2) is 8.31. The summed E-state index contributed by atoms with van der Waals surface area (Å²) in [5, 5.41) is 0. The Hall–Kier alpha value is -0.890. The molecule has 0 amide bonds. The lowest BCUT2D eigenvalue weighted by Gasteiger charge is -2.37. The monoisotopic (exact) mass is 262 g/mol. The molecule has 0 aromatic carbocycles. The van der Waals surface area contributed by atoms with Crippen molar-refractivity contribution in [3.8, 4) is 0 Å². The lowest BCUT2D eigenvalue weighted by molar-refractivity contribution is 0.129. The molecule has 1 heterocycles. The maximum Gasteiger partial charge on any atom is 0.0572 e. The Bertz CT molecular complexity index is 328. The second-order valence-electron chi connectivity index (χ2n) is 5.51. The Morgan fingerprint density at radius 2 is 1.79 bits per heavy atom. The van der Waals surface area contributed by atoms with Crippen molar-refractivity contribution in [3.05, 3.63) is 30.1 Å². The topological polar surface area (TPSA) is 16.1 Å². The zero-order chi connectivity index (χ0) is 14.3. The molecule has 0 N–H and O–H groups in total. The van der Waals surface area contributed by atoms with E-state index in [1.807, 2.05) is 26.1 Å². The van der Waals surface area contributed by atoms with Crippen LogP contribution in [0.15, 0.2) is 24.4 Å². The predicted octanol–water partition coefficient (Wildman–Crippen LogP) is 4.68. The molecule has 0 radical (unpaired) electrons. The van der Waals surface area contributed by atoms with Crippen LogP contribution < -0.4 is 0 Å². The van der Waals surface area contributed by atoms with Crippen molar-refractivity contribution in [2.75, 3.05) is 7.05 Å². The average molecular weight is 262 g/mol. The van der Waals surface area contributed by atoms with Crippen LogP contribution in [0.25, 0.3) is 0 Å². The zero-order valence-electron chi connectivity index (χ0n) is 13.3. The van der Waals surface area contributed by atoms with E-state index in [0.29, 0.717) is 6.04 Å². The molecule has 19 heavy (non-hydrogen) atoms. The van der Waals surface area contributed by atoms with Gasteiger partial charge >= 0.3 is 0 Å². The molecule has 2 nitrogen and oxygen atoms in total. The summed E-state index contributed by atoms with van der Waals surface area (Å²) in [5.41, 5.74) is 1.19. The SMILES string of the molecule is CC.CC1CCC(N(C)C(C)c2ccccn2)CC1. The molecule has 1 aromatic heterocycles. The number of rotatable bonds is 3. The maximum absolute atomic E-state index is 4.47. The molecular formula is C17H30N2. The van der Waals surface area contributed by atoms with Gasteiger partial charge in [-0.1, -0.05) is 26.8 Å². The number of hydrogen-bond donors (Lipinski definition) is 0. The quantitative estimate of drug-likeness (QED) is 0.786. The minimum absolute atomic E-state index is 0.426. The van der Waals surface area contributed by atoms with Gasteiger partial charge in [-0.3, -0.25) is 9.88 Å². The van der Waals surface area contributed by atoms with E-state index in [2.05, 4.69) is 42.9 Å². The highest BCUT2D eigenvalue weighted by Crippen LogP contribution is 2.30. The van der Waals surface area contributed by atoms with Crippen LogP contribution in [0.3, 0.4) is 0 Å². The van der Waals surface area contributed by atoms with Gasteiger partial charge in [0.25, 0.3) is 0 Å². The van der Waals surface area contributed by atoms with Crippen molar-refractivity contribution in [2.24, 2.45) is 5.92 Å². The molecule has 0 saturated heterocycles. The first kappa shape index (κ1) is 16.2. The molecule has 108 valence electrons. The summed E-state index contributed by atoms with van der Waals surface area (Å²) < 4.78 is 0. The summed E-state index contributed by atoms with van der Waals surface area (Å²) in [6, 6.07) is 7.36. The molecule has 1 aliphatic rings. The molecule has 2 rings (SSSR count). The molecule has 1 aromatic rings. The minimum Gasteiger partial charge on any atom is -0.295 e. The molecule has 1 saturated carbocycles. The molecule has 1 aliphatic carbocycles. The Kier molecular flexibility index (Phi) is 7.07. The average Bonchev–Trinajstić information content (AvgIpc) is 2.49. The van der Waals surface area contributed by atoms with Gasteiger partial charge in [0.15, 0.2) is 0 Å². The predicted molar refractivity (Wildman–Crippen MR) is 83.2 cm³/mol. The third-order valence-corrected chi connectivity index (χ3v) is 4.29. The fourth-order valence-electron chi connectivity index (χ4n) is 2.80. The summed E-state index contributed by atoms with van der Waals surface area (Å²) in [5.74, 6) is 0.921. The van der Waals surface area contributed by atoms with Crippen LogP contribution in [0.1, 0.15) is 65.1 Å². The normalized spacial score (nSPS) is 24.5. The smallest absolute Gasteiger partial charge is 0.0572 e. The summed E-state index contributed by atoms with van der Waals surface area (Å²) in [7, 11) is 2.25. The molecule has 0 bridgehead atoms. The van der Waals surface area contributed by atoms with E-state index >= 15 is 0 Å². The van der Waals surface area contributed by atoms with Gasteiger partial charge in [0.05, 0.1) is 5.69 Å². The number of hydrogen-bond acceptors (Lipinski definition) is 2. The highest BCUT2D eigenvalue weighted by Gasteiger charge is 2.25. The van der Waals surface area contributed by atoms with E-state index in [1.165, 1.54) is 31.4 Å². The fourth-order valence-corrected chi connectivity index (χ4v) is 2.80. The number of pyridine rings is 1. The summed E-state index contributed by atoms with van der Waals surface area (Å²) >= 11 is 0. The Morgan fingerprint density at radius 3 is 2.32 bits per heavy atom. The van der Waals surface area contributed by atoms with Crippen LogP contribution in [0.4, 0.5) is 0 Å². The van der Waals surface area contributed by atoms with Gasteiger partial charge in [0.2, 0.25) is 0 Å². The lowest BCUT2D eigenvalue weighted by atomic mass is 9.86. The van der Waals surface area contributed by atoms with Gasteiger partial charge in [-0.2, -0.15) is 0 Å². The molecule has 0 aliphatic heterocycles. The number of aromatic nitrogens is 1. The second-order valence-corrected chi connectivity index (χ2v) is 5.51. The first-order valence-corrected chi connectivity index (χ1v) is 7.81. The van der Waals surface area contributed by atoms with E-state index in [0.717, 1.165) is 12.0 Å². The van der Waals surface area contributed by atoms with Crippen molar-refractivity contribution in [1.29, 1.82) is 0 Å². The highest BCUT2D eigenvalue weighted by molar-refractivity contribution is 5.08. The highest BCUT2D eigenvalue weighted by atomic mass is 15.2. The Labute approximate surface area is 119 Å². The third-order valence-electron chi connectivity index (χ3n) is 4.29. The van der Waals surface area contributed by atoms with Gasteiger partial charge in [0.1, 0.15) is 0 Å². The fraction of sp³-hybridized carbons (Fsp3) is 0.706. The van der Waals surface area contributed by atoms with Crippen molar-refractivity contribution in [1.82, 2.24) is 9.88 Å². The van der Waals surface area contributed by atoms with Crippen molar-refractivity contribution in [3.63, 3.8) is 0 Å². The van der Waals surface area contributed by atoms with Crippen LogP contribution in [0.2, 0.25) is 0 Å². The van der Waals surface area contributed by atoms with E-state index in [1.54, 1.807) is 0 Å². The largest absolute Gasteiger partial charge is 0.295 e. The van der Waals surface area contributed by atoms with Crippen molar-refractivity contribution >= 4 is 0 Å². The van der Waals surface area contributed by atoms with E-state index in [9.17, 15) is 0 Å². The standard InChI is InChI=1S/C15H24N2.C2H6/c1-12-7-9-14(10-8-12)17(3)13(2)15-6-4-5-11-16-15;1-2/h4-6,11-14H,7-10H2,1-3H3;1-2H3. The number of nitrogens with zero attached hydrogens (tertiary/aromatic N) is 2. The minimum atomic E-state index is 0.426. The Morgan fingerprint density at radius 1 is 1.16 bits per heavy atom. The molecular weight excluding hydrogens is 232 g/mol. The van der Waals surface area contributed by atoms with E-state index < -0.39 is 0 Å². The van der Waals surface area contributed by atoms with Crippen molar-refractivity contribution in [2.45, 2.75) is 65.5 Å². The Balaban J connectivity index is 0.000000861. The zero-order valence-corrected chi connectivity index (χ0v) is 13.3. The van der Waals surface area contributed by atoms with Gasteiger partial charge < -0.3 is 0 Å². The molecule has 2 heteroatoms. The first-order valence-electron chi connectivity index (χ1n) is 7.81. The van der Waals surface area contributed by atoms with E-state index in [4.69, 9.17) is 0 Å². The molecule has 0 spiro atoms. The van der Waals surface area contributed by atoms with Crippen LogP contribution in [-0.4, -0.2) is 23.0 Å². The molecule has 1 unspecified atom stereocenters. The third kappa shape index (κ3) is 4.61. The maximum atomic E-state index is 4.47. The van der Waals surface area contributed by atoms with E-state index in [-0.39, 0.29) is 0 Å². The first-order chi connectivity index (χ1) is 9.18. The van der Waals surface area contributed by atoms with Crippen LogP contribution in [-0.2, 0) is 0 Å². The summed E-state index contributed by atoms with van der Waals surface area (Å²) in [6.45, 7) is 8.64. The van der Waals surface area contributed by atoms with Crippen LogP contribution in [0, 0.1) is 5.92 Å². The summed E-state index contributed by atoms with van der Waals surface area (Å²) in [6.07, 6.45) is 7.33. The van der Waals surface area contributed by atoms with Crippen LogP contribution >= 0.6 is 0 Å². The summed E-state index contributed by atoms with van der Waals surface area (Å²) in [4.78, 5) is 6.98. The van der Waals surface area contributed by atoms with Gasteiger partial charge in [-0.25, -0.2) is 0 Å². The lowest BCUT2D eigenvalue weighted by Crippen LogP contribution is -2.36. The van der Waals surface area contributed by atoms with Gasteiger partial charge in [-0.15, -0.1) is 0 Å². The molecule has 1 atom stereocenters. The van der Waals surface area contributed by atoms with Gasteiger partial charge in [-0.05, 0) is 57.7 Å². The molecule has 1 fully saturated rings. The van der Waals surface area contributed by atoms with Crippen molar-refractivity contribution < 1.29 is 0 Å². The van der Waals surface area contributed by atoms with Gasteiger partial charge in [0, 0.05) is 18.3 Å².